The van der Waals surface area contributed by atoms with Gasteiger partial charge in [-0.05, 0) is 61.9 Å². The summed E-state index contributed by atoms with van der Waals surface area (Å²) in [5.41, 5.74) is 3.29. The van der Waals surface area contributed by atoms with Crippen molar-refractivity contribution >= 4 is 15.9 Å². The van der Waals surface area contributed by atoms with Crippen LogP contribution in [0.1, 0.15) is 66.2 Å². The van der Waals surface area contributed by atoms with E-state index in [1.165, 1.54) is 11.6 Å². The number of nitrogens with zero attached hydrogens (tertiary/aromatic N) is 1. The highest BCUT2D eigenvalue weighted by Gasteiger charge is 2.28. The van der Waals surface area contributed by atoms with Crippen molar-refractivity contribution in [2.75, 3.05) is 13.1 Å². The summed E-state index contributed by atoms with van der Waals surface area (Å²) < 4.78 is 27.7. The molecule has 1 heterocycles. The molecule has 0 saturated carbocycles. The Morgan fingerprint density at radius 2 is 1.72 bits per heavy atom. The van der Waals surface area contributed by atoms with Crippen LogP contribution in [-0.2, 0) is 16.4 Å². The van der Waals surface area contributed by atoms with Gasteiger partial charge in [-0.15, -0.1) is 0 Å². The van der Waals surface area contributed by atoms with E-state index in [9.17, 15) is 13.2 Å². The third-order valence-electron chi connectivity index (χ3n) is 5.62. The van der Waals surface area contributed by atoms with Crippen molar-refractivity contribution in [3.63, 3.8) is 0 Å². The molecule has 0 aromatic heterocycles. The zero-order valence-electron chi connectivity index (χ0n) is 17.4. The molecule has 0 bridgehead atoms. The lowest BCUT2D eigenvalue weighted by atomic mass is 10.0. The number of nitrogens with one attached hydrogen (secondary N) is 1. The normalized spacial score (nSPS) is 16.4. The highest BCUT2D eigenvalue weighted by Crippen LogP contribution is 2.25. The van der Waals surface area contributed by atoms with Crippen LogP contribution in [0.4, 0.5) is 0 Å². The molecule has 1 saturated heterocycles. The van der Waals surface area contributed by atoms with Crippen LogP contribution in [0.15, 0.2) is 47.4 Å². The standard InChI is InChI=1S/C23H30N2O3S/c1-4-19-9-12-20(13-10-19)18(3)24-23(26)21-11-8-17(2)22(16-21)29(27,28)25-14-6-5-7-15-25/h8-13,16,18H,4-7,14-15H2,1-3H3,(H,24,26)/t18-/m1/s1. The minimum absolute atomic E-state index is 0.170. The van der Waals surface area contributed by atoms with Gasteiger partial charge in [0.05, 0.1) is 10.9 Å². The second-order valence-corrected chi connectivity index (χ2v) is 9.64. The molecule has 0 unspecified atom stereocenters. The van der Waals surface area contributed by atoms with E-state index in [1.54, 1.807) is 23.4 Å². The largest absolute Gasteiger partial charge is 0.346 e. The first-order valence-electron chi connectivity index (χ1n) is 10.3. The van der Waals surface area contributed by atoms with Gasteiger partial charge in [0.25, 0.3) is 5.91 Å². The van der Waals surface area contributed by atoms with Gasteiger partial charge in [0.2, 0.25) is 10.0 Å². The van der Waals surface area contributed by atoms with Gasteiger partial charge >= 0.3 is 0 Å². The van der Waals surface area contributed by atoms with Crippen molar-refractivity contribution in [3.8, 4) is 0 Å². The molecular formula is C23H30N2O3S. The first kappa shape index (κ1) is 21.5. The summed E-state index contributed by atoms with van der Waals surface area (Å²) in [6, 6.07) is 12.9. The number of aryl methyl sites for hydroxylation is 2. The maximum absolute atomic E-state index is 13.1. The van der Waals surface area contributed by atoms with Crippen LogP contribution in [0.2, 0.25) is 0 Å². The molecule has 29 heavy (non-hydrogen) atoms. The van der Waals surface area contributed by atoms with E-state index >= 15 is 0 Å². The lowest BCUT2D eigenvalue weighted by Gasteiger charge is -2.26. The molecule has 5 nitrogen and oxygen atoms in total. The molecule has 6 heteroatoms. The zero-order chi connectivity index (χ0) is 21.0. The summed E-state index contributed by atoms with van der Waals surface area (Å²) in [4.78, 5) is 13.0. The molecule has 0 aliphatic carbocycles. The van der Waals surface area contributed by atoms with Crippen LogP contribution in [-0.4, -0.2) is 31.7 Å². The van der Waals surface area contributed by atoms with Gasteiger partial charge in [-0.3, -0.25) is 4.79 Å². The molecule has 0 spiro atoms. The lowest BCUT2D eigenvalue weighted by Crippen LogP contribution is -2.36. The average Bonchev–Trinajstić information content (AvgIpc) is 2.74. The maximum atomic E-state index is 13.1. The highest BCUT2D eigenvalue weighted by atomic mass is 32.2. The van der Waals surface area contributed by atoms with Crippen LogP contribution in [0.3, 0.4) is 0 Å². The highest BCUT2D eigenvalue weighted by molar-refractivity contribution is 7.89. The Labute approximate surface area is 174 Å². The predicted molar refractivity (Wildman–Crippen MR) is 115 cm³/mol. The van der Waals surface area contributed by atoms with E-state index in [-0.39, 0.29) is 16.8 Å². The molecule has 0 radical (unpaired) electrons. The van der Waals surface area contributed by atoms with Crippen LogP contribution in [0.25, 0.3) is 0 Å². The second kappa shape index (κ2) is 9.09. The van der Waals surface area contributed by atoms with Gasteiger partial charge in [0, 0.05) is 18.7 Å². The third-order valence-corrected chi connectivity index (χ3v) is 7.66. The fourth-order valence-electron chi connectivity index (χ4n) is 3.67. The summed E-state index contributed by atoms with van der Waals surface area (Å²) >= 11 is 0. The third kappa shape index (κ3) is 4.87. The number of hydrogen-bond donors (Lipinski definition) is 1. The molecule has 156 valence electrons. The molecule has 1 atom stereocenters. The van der Waals surface area contributed by atoms with E-state index in [1.807, 2.05) is 19.1 Å². The van der Waals surface area contributed by atoms with E-state index in [4.69, 9.17) is 0 Å². The number of rotatable bonds is 6. The van der Waals surface area contributed by atoms with Crippen molar-refractivity contribution in [3.05, 3.63) is 64.7 Å². The lowest BCUT2D eigenvalue weighted by molar-refractivity contribution is 0.0939. The number of hydrogen-bond acceptors (Lipinski definition) is 3. The van der Waals surface area contributed by atoms with Crippen molar-refractivity contribution in [1.29, 1.82) is 0 Å². The topological polar surface area (TPSA) is 66.5 Å². The summed E-state index contributed by atoms with van der Waals surface area (Å²) in [5, 5.41) is 2.98. The molecule has 3 rings (SSSR count). The van der Waals surface area contributed by atoms with Gasteiger partial charge in [0.1, 0.15) is 0 Å². The number of amides is 1. The second-order valence-electron chi connectivity index (χ2n) is 7.74. The Morgan fingerprint density at radius 1 is 1.07 bits per heavy atom. The van der Waals surface area contributed by atoms with E-state index < -0.39 is 10.0 Å². The fraction of sp³-hybridized carbons (Fsp3) is 0.435. The number of carbonyl (C=O) groups is 1. The molecule has 1 fully saturated rings. The van der Waals surface area contributed by atoms with E-state index in [0.717, 1.165) is 31.2 Å². The molecule has 1 amide bonds. The quantitative estimate of drug-likeness (QED) is 0.769. The van der Waals surface area contributed by atoms with Crippen molar-refractivity contribution < 1.29 is 13.2 Å². The summed E-state index contributed by atoms with van der Waals surface area (Å²) in [6.45, 7) is 6.90. The average molecular weight is 415 g/mol. The predicted octanol–water partition coefficient (Wildman–Crippen LogP) is 4.22. The summed E-state index contributed by atoms with van der Waals surface area (Å²) in [6.07, 6.45) is 3.79. The fourth-order valence-corrected chi connectivity index (χ4v) is 5.44. The molecule has 2 aromatic carbocycles. The monoisotopic (exact) mass is 414 g/mol. The van der Waals surface area contributed by atoms with Crippen molar-refractivity contribution in [2.24, 2.45) is 0 Å². The van der Waals surface area contributed by atoms with Crippen LogP contribution in [0.5, 0.6) is 0 Å². The van der Waals surface area contributed by atoms with Gasteiger partial charge < -0.3 is 5.32 Å². The van der Waals surface area contributed by atoms with Crippen LogP contribution in [0, 0.1) is 6.92 Å². The van der Waals surface area contributed by atoms with Crippen LogP contribution >= 0.6 is 0 Å². The van der Waals surface area contributed by atoms with Crippen LogP contribution < -0.4 is 5.32 Å². The van der Waals surface area contributed by atoms with E-state index in [2.05, 4.69) is 24.4 Å². The molecule has 1 N–H and O–H groups in total. The smallest absolute Gasteiger partial charge is 0.251 e. The Balaban J connectivity index is 1.79. The molecule has 1 aliphatic heterocycles. The summed E-state index contributed by atoms with van der Waals surface area (Å²) in [7, 11) is -3.58. The van der Waals surface area contributed by atoms with Gasteiger partial charge in [-0.2, -0.15) is 4.31 Å². The maximum Gasteiger partial charge on any atom is 0.251 e. The molecule has 1 aliphatic rings. The Hall–Kier alpha value is -2.18. The Morgan fingerprint density at radius 3 is 2.34 bits per heavy atom. The number of carbonyl (C=O) groups excluding carboxylic acids is 1. The number of piperidine rings is 1. The summed E-state index contributed by atoms with van der Waals surface area (Å²) in [5.74, 6) is -0.271. The van der Waals surface area contributed by atoms with E-state index in [0.29, 0.717) is 24.2 Å². The van der Waals surface area contributed by atoms with Gasteiger partial charge in [0.15, 0.2) is 0 Å². The van der Waals surface area contributed by atoms with Crippen molar-refractivity contribution in [1.82, 2.24) is 9.62 Å². The first-order valence-corrected chi connectivity index (χ1v) is 11.8. The first-order chi connectivity index (χ1) is 13.8. The number of sulfonamides is 1. The number of benzene rings is 2. The minimum atomic E-state index is -3.58. The Kier molecular flexibility index (Phi) is 6.75. The SMILES string of the molecule is CCc1ccc([C@@H](C)NC(=O)c2ccc(C)c(S(=O)(=O)N3CCCCC3)c2)cc1. The van der Waals surface area contributed by atoms with Gasteiger partial charge in [-0.1, -0.05) is 43.7 Å². The molecule has 2 aromatic rings. The minimum Gasteiger partial charge on any atom is -0.346 e. The van der Waals surface area contributed by atoms with Crippen molar-refractivity contribution in [2.45, 2.75) is 57.4 Å². The molecular weight excluding hydrogens is 384 g/mol. The zero-order valence-corrected chi connectivity index (χ0v) is 18.3. The van der Waals surface area contributed by atoms with Gasteiger partial charge in [-0.25, -0.2) is 8.42 Å². The Bertz CT molecular complexity index is 962.